The summed E-state index contributed by atoms with van der Waals surface area (Å²) < 4.78 is 5.42. The standard InChI is InChI=1S/C14H19N3O2/c1-15-13(9-4-6-19-7-5-9)10-2-3-11-12(8-10)17-14(18)16-11/h2-3,8-9,13,15H,4-7H2,1H3,(H2,16,17,18). The molecule has 0 amide bonds. The fourth-order valence-corrected chi connectivity index (χ4v) is 2.97. The lowest BCUT2D eigenvalue weighted by Gasteiger charge is -2.30. The summed E-state index contributed by atoms with van der Waals surface area (Å²) >= 11 is 0. The van der Waals surface area contributed by atoms with Crippen LogP contribution >= 0.6 is 0 Å². The van der Waals surface area contributed by atoms with Gasteiger partial charge in [-0.2, -0.15) is 0 Å². The van der Waals surface area contributed by atoms with Crippen LogP contribution < -0.4 is 11.0 Å². The van der Waals surface area contributed by atoms with Crippen LogP contribution in [0.2, 0.25) is 0 Å². The number of nitrogens with one attached hydrogen (secondary N) is 3. The van der Waals surface area contributed by atoms with E-state index in [2.05, 4.69) is 27.4 Å². The van der Waals surface area contributed by atoms with Crippen LogP contribution in [0.3, 0.4) is 0 Å². The molecule has 0 bridgehead atoms. The smallest absolute Gasteiger partial charge is 0.323 e. The fourth-order valence-electron chi connectivity index (χ4n) is 2.97. The van der Waals surface area contributed by atoms with E-state index in [1.807, 2.05) is 13.1 Å². The molecule has 19 heavy (non-hydrogen) atoms. The Hall–Kier alpha value is -1.59. The average molecular weight is 261 g/mol. The zero-order valence-electron chi connectivity index (χ0n) is 11.0. The maximum Gasteiger partial charge on any atom is 0.323 e. The maximum absolute atomic E-state index is 11.3. The second-order valence-corrected chi connectivity index (χ2v) is 5.10. The Morgan fingerprint density at radius 1 is 1.26 bits per heavy atom. The molecule has 1 unspecified atom stereocenters. The first-order valence-corrected chi connectivity index (χ1v) is 6.75. The highest BCUT2D eigenvalue weighted by atomic mass is 16.5. The summed E-state index contributed by atoms with van der Waals surface area (Å²) in [6, 6.07) is 6.42. The van der Waals surface area contributed by atoms with E-state index in [-0.39, 0.29) is 5.69 Å². The van der Waals surface area contributed by atoms with Crippen molar-refractivity contribution in [3.05, 3.63) is 34.2 Å². The van der Waals surface area contributed by atoms with Crippen molar-refractivity contribution in [2.45, 2.75) is 18.9 Å². The first kappa shape index (κ1) is 12.4. The van der Waals surface area contributed by atoms with Gasteiger partial charge < -0.3 is 20.0 Å². The van der Waals surface area contributed by atoms with Crippen molar-refractivity contribution in [2.75, 3.05) is 20.3 Å². The first-order valence-electron chi connectivity index (χ1n) is 6.75. The van der Waals surface area contributed by atoms with Crippen LogP contribution in [0, 0.1) is 5.92 Å². The monoisotopic (exact) mass is 261 g/mol. The Bertz CT molecular complexity index is 610. The third-order valence-corrected chi connectivity index (χ3v) is 3.95. The van der Waals surface area contributed by atoms with Crippen LogP contribution in [0.4, 0.5) is 0 Å². The van der Waals surface area contributed by atoms with Gasteiger partial charge in [-0.25, -0.2) is 4.79 Å². The summed E-state index contributed by atoms with van der Waals surface area (Å²) in [6.07, 6.45) is 2.15. The van der Waals surface area contributed by atoms with E-state index in [9.17, 15) is 4.79 Å². The third-order valence-electron chi connectivity index (χ3n) is 3.95. The molecule has 1 aliphatic rings. The molecule has 1 aromatic heterocycles. The Balaban J connectivity index is 1.93. The first-order chi connectivity index (χ1) is 9.28. The van der Waals surface area contributed by atoms with Crippen LogP contribution in [-0.2, 0) is 4.74 Å². The highest BCUT2D eigenvalue weighted by molar-refractivity contribution is 5.75. The van der Waals surface area contributed by atoms with Crippen LogP contribution in [0.1, 0.15) is 24.4 Å². The summed E-state index contributed by atoms with van der Waals surface area (Å²) in [7, 11) is 1.99. The normalized spacial score (nSPS) is 18.8. The number of ether oxygens (including phenoxy) is 1. The van der Waals surface area contributed by atoms with Crippen molar-refractivity contribution in [1.82, 2.24) is 15.3 Å². The molecule has 3 rings (SSSR count). The van der Waals surface area contributed by atoms with Crippen molar-refractivity contribution in [1.29, 1.82) is 0 Å². The predicted molar refractivity (Wildman–Crippen MR) is 74.3 cm³/mol. The van der Waals surface area contributed by atoms with E-state index in [0.29, 0.717) is 12.0 Å². The highest BCUT2D eigenvalue weighted by Gasteiger charge is 2.24. The number of imidazole rings is 1. The van der Waals surface area contributed by atoms with Crippen molar-refractivity contribution < 1.29 is 4.74 Å². The second-order valence-electron chi connectivity index (χ2n) is 5.10. The van der Waals surface area contributed by atoms with E-state index in [1.165, 1.54) is 5.56 Å². The van der Waals surface area contributed by atoms with Crippen molar-refractivity contribution >= 4 is 11.0 Å². The van der Waals surface area contributed by atoms with Gasteiger partial charge in [0.25, 0.3) is 0 Å². The molecule has 102 valence electrons. The number of benzene rings is 1. The van der Waals surface area contributed by atoms with E-state index in [0.717, 1.165) is 37.1 Å². The molecule has 0 aliphatic carbocycles. The summed E-state index contributed by atoms with van der Waals surface area (Å²) in [5.74, 6) is 0.585. The summed E-state index contributed by atoms with van der Waals surface area (Å²) in [4.78, 5) is 16.9. The lowest BCUT2D eigenvalue weighted by Crippen LogP contribution is -2.29. The molecule has 0 saturated carbocycles. The molecule has 2 aromatic rings. The second kappa shape index (κ2) is 5.19. The lowest BCUT2D eigenvalue weighted by atomic mass is 9.87. The molecule has 1 aliphatic heterocycles. The molecule has 0 spiro atoms. The molecule has 0 radical (unpaired) electrons. The van der Waals surface area contributed by atoms with Gasteiger partial charge in [-0.05, 0) is 43.5 Å². The Morgan fingerprint density at radius 2 is 2.00 bits per heavy atom. The molecular weight excluding hydrogens is 242 g/mol. The topological polar surface area (TPSA) is 69.9 Å². The lowest BCUT2D eigenvalue weighted by molar-refractivity contribution is 0.0546. The Kier molecular flexibility index (Phi) is 3.40. The molecule has 1 saturated heterocycles. The highest BCUT2D eigenvalue weighted by Crippen LogP contribution is 2.30. The van der Waals surface area contributed by atoms with Gasteiger partial charge in [0, 0.05) is 19.3 Å². The van der Waals surface area contributed by atoms with Gasteiger partial charge in [0.05, 0.1) is 11.0 Å². The predicted octanol–water partition coefficient (Wildman–Crippen LogP) is 1.54. The quantitative estimate of drug-likeness (QED) is 0.785. The molecule has 1 aromatic carbocycles. The van der Waals surface area contributed by atoms with Crippen molar-refractivity contribution in [3.63, 3.8) is 0 Å². The van der Waals surface area contributed by atoms with Crippen molar-refractivity contribution in [2.24, 2.45) is 5.92 Å². The Morgan fingerprint density at radius 3 is 2.74 bits per heavy atom. The zero-order valence-corrected chi connectivity index (χ0v) is 11.0. The molecule has 2 heterocycles. The molecule has 1 atom stereocenters. The van der Waals surface area contributed by atoms with Crippen LogP contribution in [0.15, 0.2) is 23.0 Å². The van der Waals surface area contributed by atoms with Crippen LogP contribution in [-0.4, -0.2) is 30.2 Å². The number of aromatic amines is 2. The van der Waals surface area contributed by atoms with Gasteiger partial charge >= 0.3 is 5.69 Å². The third kappa shape index (κ3) is 2.43. The van der Waals surface area contributed by atoms with E-state index >= 15 is 0 Å². The van der Waals surface area contributed by atoms with Gasteiger partial charge in [0.15, 0.2) is 0 Å². The summed E-state index contributed by atoms with van der Waals surface area (Å²) in [5.41, 5.74) is 2.79. The minimum absolute atomic E-state index is 0.153. The number of H-pyrrole nitrogens is 2. The minimum atomic E-state index is -0.153. The summed E-state index contributed by atoms with van der Waals surface area (Å²) in [5, 5.41) is 3.40. The molecule has 3 N–H and O–H groups in total. The largest absolute Gasteiger partial charge is 0.381 e. The number of hydrogen-bond donors (Lipinski definition) is 3. The number of fused-ring (bicyclic) bond motifs is 1. The van der Waals surface area contributed by atoms with Crippen LogP contribution in [0.25, 0.3) is 11.0 Å². The summed E-state index contributed by atoms with van der Waals surface area (Å²) in [6.45, 7) is 1.68. The minimum Gasteiger partial charge on any atom is -0.381 e. The zero-order chi connectivity index (χ0) is 13.2. The average Bonchev–Trinajstić information content (AvgIpc) is 2.80. The van der Waals surface area contributed by atoms with Gasteiger partial charge in [-0.15, -0.1) is 0 Å². The van der Waals surface area contributed by atoms with Gasteiger partial charge in [0.2, 0.25) is 0 Å². The molecule has 5 heteroatoms. The molecular formula is C14H19N3O2. The van der Waals surface area contributed by atoms with Gasteiger partial charge in [-0.1, -0.05) is 6.07 Å². The number of hydrogen-bond acceptors (Lipinski definition) is 3. The van der Waals surface area contributed by atoms with E-state index < -0.39 is 0 Å². The number of rotatable bonds is 3. The van der Waals surface area contributed by atoms with Crippen LogP contribution in [0.5, 0.6) is 0 Å². The van der Waals surface area contributed by atoms with E-state index in [1.54, 1.807) is 0 Å². The van der Waals surface area contributed by atoms with Crippen molar-refractivity contribution in [3.8, 4) is 0 Å². The SMILES string of the molecule is CNC(c1ccc2[nH]c(=O)[nH]c2c1)C1CCOCC1. The molecule has 1 fully saturated rings. The maximum atomic E-state index is 11.3. The van der Waals surface area contributed by atoms with Gasteiger partial charge in [-0.3, -0.25) is 0 Å². The van der Waals surface area contributed by atoms with E-state index in [4.69, 9.17) is 4.74 Å². The molecule has 5 nitrogen and oxygen atoms in total. The van der Waals surface area contributed by atoms with Gasteiger partial charge in [0.1, 0.15) is 0 Å². The Labute approximate surface area is 111 Å². The fraction of sp³-hybridized carbons (Fsp3) is 0.500. The number of aromatic nitrogens is 2.